The van der Waals surface area contributed by atoms with E-state index in [1.54, 1.807) is 0 Å². The number of hydrogen-bond donors (Lipinski definition) is 3. The highest BCUT2D eigenvalue weighted by Gasteiger charge is 2.18. The minimum atomic E-state index is -1.33. The van der Waals surface area contributed by atoms with Gasteiger partial charge in [0.15, 0.2) is 5.78 Å². The largest absolute Gasteiger partial charge is 0.478 e. The van der Waals surface area contributed by atoms with Crippen molar-refractivity contribution in [3.05, 3.63) is 58.7 Å². The third-order valence-electron chi connectivity index (χ3n) is 3.48. The number of nitrogens with two attached hydrogens (primary N) is 1. The van der Waals surface area contributed by atoms with Crippen molar-refractivity contribution in [3.8, 4) is 11.1 Å². The first kappa shape index (κ1) is 16.9. The van der Waals surface area contributed by atoms with Crippen LogP contribution >= 0.6 is 0 Å². The highest BCUT2D eigenvalue weighted by Crippen LogP contribution is 2.25. The van der Waals surface area contributed by atoms with E-state index in [0.29, 0.717) is 11.1 Å². The molecule has 0 aromatic heterocycles. The van der Waals surface area contributed by atoms with Gasteiger partial charge in [-0.05, 0) is 42.3 Å². The second kappa shape index (κ2) is 6.33. The quantitative estimate of drug-likeness (QED) is 0.719. The predicted octanol–water partition coefficient (Wildman–Crippen LogP) is 2.05. The van der Waals surface area contributed by atoms with Gasteiger partial charge in [0.1, 0.15) is 0 Å². The topological polar surface area (TPSA) is 135 Å². The Hall–Kier alpha value is -3.48. The summed E-state index contributed by atoms with van der Waals surface area (Å²) in [5, 5.41) is 18.4. The zero-order valence-corrected chi connectivity index (χ0v) is 12.6. The van der Waals surface area contributed by atoms with E-state index in [2.05, 4.69) is 0 Å². The number of carboxylic acids is 2. The third kappa shape index (κ3) is 3.14. The van der Waals surface area contributed by atoms with E-state index < -0.39 is 23.6 Å². The van der Waals surface area contributed by atoms with E-state index >= 15 is 0 Å². The van der Waals surface area contributed by atoms with Gasteiger partial charge in [0, 0.05) is 5.56 Å². The van der Waals surface area contributed by atoms with Gasteiger partial charge in [-0.2, -0.15) is 0 Å². The maximum Gasteiger partial charge on any atom is 0.336 e. The number of carbonyl (C=O) groups excluding carboxylic acids is 2. The smallest absolute Gasteiger partial charge is 0.336 e. The average Bonchev–Trinajstić information content (AvgIpc) is 2.53. The van der Waals surface area contributed by atoms with Crippen molar-refractivity contribution >= 4 is 23.6 Å². The lowest BCUT2D eigenvalue weighted by Crippen LogP contribution is -2.16. The van der Waals surface area contributed by atoms with Crippen LogP contribution in [0, 0.1) is 0 Å². The van der Waals surface area contributed by atoms with Crippen LogP contribution in [0.3, 0.4) is 0 Å². The molecule has 0 unspecified atom stereocenters. The molecule has 0 aliphatic carbocycles. The molecule has 0 heterocycles. The lowest BCUT2D eigenvalue weighted by Gasteiger charge is -2.09. The fraction of sp³-hybridized carbons (Fsp3) is 0.0588. The van der Waals surface area contributed by atoms with E-state index in [0.717, 1.165) is 0 Å². The van der Waals surface area contributed by atoms with Crippen LogP contribution in [0.5, 0.6) is 0 Å². The number of Topliss-reactive ketones (excluding diaryl/α,β-unsaturated/α-hetero) is 1. The number of carbonyl (C=O) groups is 4. The van der Waals surface area contributed by atoms with Gasteiger partial charge in [0.2, 0.25) is 5.91 Å². The molecule has 0 aliphatic heterocycles. The zero-order valence-electron chi connectivity index (χ0n) is 12.6. The molecule has 122 valence electrons. The molecule has 24 heavy (non-hydrogen) atoms. The summed E-state index contributed by atoms with van der Waals surface area (Å²) in [5.74, 6) is -3.87. The molecule has 1 amide bonds. The second-order valence-corrected chi connectivity index (χ2v) is 5.05. The van der Waals surface area contributed by atoms with Crippen molar-refractivity contribution in [2.24, 2.45) is 5.73 Å². The number of primary amides is 1. The average molecular weight is 327 g/mol. The fourth-order valence-corrected chi connectivity index (χ4v) is 2.32. The summed E-state index contributed by atoms with van der Waals surface area (Å²) in [6.45, 7) is 1.26. The van der Waals surface area contributed by atoms with Crippen LogP contribution in [0.4, 0.5) is 0 Å². The molecule has 0 aliphatic rings. The molecule has 0 bridgehead atoms. The van der Waals surface area contributed by atoms with Crippen LogP contribution < -0.4 is 5.73 Å². The summed E-state index contributed by atoms with van der Waals surface area (Å²) >= 11 is 0. The first-order valence-corrected chi connectivity index (χ1v) is 6.78. The Morgan fingerprint density at radius 3 is 1.54 bits per heavy atom. The summed E-state index contributed by atoms with van der Waals surface area (Å²) in [5.41, 5.74) is 5.36. The maximum absolute atomic E-state index is 11.5. The monoisotopic (exact) mass is 327 g/mol. The van der Waals surface area contributed by atoms with Gasteiger partial charge in [0.25, 0.3) is 0 Å². The number of rotatable bonds is 5. The molecule has 7 heteroatoms. The van der Waals surface area contributed by atoms with Crippen molar-refractivity contribution in [3.63, 3.8) is 0 Å². The molecule has 4 N–H and O–H groups in total. The highest BCUT2D eigenvalue weighted by atomic mass is 16.4. The molecule has 0 saturated heterocycles. The zero-order chi connectivity index (χ0) is 18.0. The Bertz CT molecular complexity index is 811. The molecular formula is C17H13NO6. The number of carboxylic acid groups (broad SMARTS) is 2. The molecule has 0 atom stereocenters. The van der Waals surface area contributed by atoms with Crippen molar-refractivity contribution in [1.29, 1.82) is 0 Å². The van der Waals surface area contributed by atoms with Gasteiger partial charge in [0.05, 0.1) is 16.7 Å². The molecule has 0 saturated carbocycles. The summed E-state index contributed by atoms with van der Waals surface area (Å²) < 4.78 is 0. The molecule has 0 spiro atoms. The van der Waals surface area contributed by atoms with Crippen molar-refractivity contribution in [2.75, 3.05) is 0 Å². The van der Waals surface area contributed by atoms with E-state index in [1.165, 1.54) is 43.3 Å². The normalized spacial score (nSPS) is 10.2. The Morgan fingerprint density at radius 1 is 0.750 bits per heavy atom. The van der Waals surface area contributed by atoms with E-state index in [9.17, 15) is 29.4 Å². The predicted molar refractivity (Wildman–Crippen MR) is 84.3 cm³/mol. The lowest BCUT2D eigenvalue weighted by atomic mass is 9.95. The van der Waals surface area contributed by atoms with Gasteiger partial charge >= 0.3 is 11.9 Å². The fourth-order valence-electron chi connectivity index (χ4n) is 2.32. The summed E-state index contributed by atoms with van der Waals surface area (Å²) in [6.07, 6.45) is 0. The number of benzene rings is 2. The number of ketones is 1. The number of aromatic carboxylic acids is 2. The van der Waals surface area contributed by atoms with Crippen LogP contribution in [0.1, 0.15) is 48.4 Å². The van der Waals surface area contributed by atoms with Gasteiger partial charge in [-0.3, -0.25) is 9.59 Å². The molecule has 7 nitrogen and oxygen atoms in total. The SMILES string of the molecule is CC(=O)c1ccc(-c2ccc(C(N)=O)c(C(=O)O)c2)cc1C(=O)O. The number of amides is 1. The number of hydrogen-bond acceptors (Lipinski definition) is 4. The van der Waals surface area contributed by atoms with Gasteiger partial charge in [-0.25, -0.2) is 9.59 Å². The molecule has 2 aromatic rings. The molecule has 2 aromatic carbocycles. The van der Waals surface area contributed by atoms with E-state index in [1.807, 2.05) is 0 Å². The summed E-state index contributed by atoms with van der Waals surface area (Å²) in [4.78, 5) is 45.4. The molecule has 0 fully saturated rings. The van der Waals surface area contributed by atoms with Gasteiger partial charge in [-0.1, -0.05) is 12.1 Å². The van der Waals surface area contributed by atoms with Crippen LogP contribution in [0.25, 0.3) is 11.1 Å². The first-order valence-electron chi connectivity index (χ1n) is 6.78. The van der Waals surface area contributed by atoms with Crippen molar-refractivity contribution in [2.45, 2.75) is 6.92 Å². The standard InChI is InChI=1S/C17H13NO6/c1-8(19)11-4-2-9(6-13(11)16(21)22)10-3-5-12(15(18)20)14(7-10)17(23)24/h2-7H,1H3,(H2,18,20)(H,21,22)(H,23,24). The molecular weight excluding hydrogens is 314 g/mol. The first-order chi connectivity index (χ1) is 11.2. The Morgan fingerprint density at radius 2 is 1.17 bits per heavy atom. The van der Waals surface area contributed by atoms with Crippen LogP contribution in [0.15, 0.2) is 36.4 Å². The minimum absolute atomic E-state index is 0.0541. The highest BCUT2D eigenvalue weighted by molar-refractivity contribution is 6.07. The van der Waals surface area contributed by atoms with Crippen LogP contribution in [-0.2, 0) is 0 Å². The van der Waals surface area contributed by atoms with Gasteiger partial charge in [-0.15, -0.1) is 0 Å². The Balaban J connectivity index is 2.64. The summed E-state index contributed by atoms with van der Waals surface area (Å²) in [7, 11) is 0. The van der Waals surface area contributed by atoms with Crippen LogP contribution in [0.2, 0.25) is 0 Å². The Labute approximate surface area is 136 Å². The third-order valence-corrected chi connectivity index (χ3v) is 3.48. The van der Waals surface area contributed by atoms with Crippen LogP contribution in [-0.4, -0.2) is 33.8 Å². The van der Waals surface area contributed by atoms with Crippen molar-refractivity contribution in [1.82, 2.24) is 0 Å². The summed E-state index contributed by atoms with van der Waals surface area (Å²) in [6, 6.07) is 8.11. The van der Waals surface area contributed by atoms with Crippen molar-refractivity contribution < 1.29 is 29.4 Å². The van der Waals surface area contributed by atoms with Gasteiger partial charge < -0.3 is 15.9 Å². The molecule has 0 radical (unpaired) electrons. The molecule has 2 rings (SSSR count). The van der Waals surface area contributed by atoms with E-state index in [4.69, 9.17) is 5.73 Å². The lowest BCUT2D eigenvalue weighted by molar-refractivity contribution is 0.0683. The second-order valence-electron chi connectivity index (χ2n) is 5.05. The maximum atomic E-state index is 11.5. The Kier molecular flexibility index (Phi) is 4.45. The van der Waals surface area contributed by atoms with E-state index in [-0.39, 0.29) is 22.3 Å². The minimum Gasteiger partial charge on any atom is -0.478 e.